The third-order valence-electron chi connectivity index (χ3n) is 3.46. The van der Waals surface area contributed by atoms with E-state index in [-0.39, 0.29) is 0 Å². The maximum atomic E-state index is 4.48. The summed E-state index contributed by atoms with van der Waals surface area (Å²) in [6, 6.07) is 4.27. The zero-order valence-corrected chi connectivity index (χ0v) is 11.4. The number of hydrogen-bond acceptors (Lipinski definition) is 2. The molecular weight excluding hydrogens is 208 g/mol. The van der Waals surface area contributed by atoms with Crippen LogP contribution in [0.2, 0.25) is 0 Å². The predicted molar refractivity (Wildman–Crippen MR) is 71.9 cm³/mol. The van der Waals surface area contributed by atoms with Crippen molar-refractivity contribution in [1.29, 1.82) is 0 Å². The number of hydrogen-bond donors (Lipinski definition) is 0. The van der Waals surface area contributed by atoms with Gasteiger partial charge in [0.25, 0.3) is 0 Å². The minimum Gasteiger partial charge on any atom is -0.297 e. The molecule has 0 aliphatic carbocycles. The summed E-state index contributed by atoms with van der Waals surface area (Å²) in [4.78, 5) is 7.03. The van der Waals surface area contributed by atoms with Crippen molar-refractivity contribution in [3.05, 3.63) is 29.6 Å². The Bertz CT molecular complexity index is 365. The topological polar surface area (TPSA) is 16.1 Å². The van der Waals surface area contributed by atoms with Gasteiger partial charge in [-0.2, -0.15) is 0 Å². The molecule has 2 heterocycles. The minimum atomic E-state index is 0.464. The molecular formula is C15H24N2. The molecule has 1 aromatic rings. The number of nitrogens with zero attached hydrogens (tertiary/aromatic N) is 2. The number of fused-ring (bicyclic) bond motifs is 1. The molecule has 1 aromatic heterocycles. The van der Waals surface area contributed by atoms with Crippen molar-refractivity contribution in [1.82, 2.24) is 9.88 Å². The van der Waals surface area contributed by atoms with Gasteiger partial charge >= 0.3 is 0 Å². The molecule has 0 amide bonds. The Labute approximate surface area is 105 Å². The van der Waals surface area contributed by atoms with Gasteiger partial charge in [-0.3, -0.25) is 9.88 Å². The second-order valence-corrected chi connectivity index (χ2v) is 6.30. The van der Waals surface area contributed by atoms with E-state index in [2.05, 4.69) is 36.7 Å². The molecule has 0 saturated heterocycles. The average molecular weight is 232 g/mol. The lowest BCUT2D eigenvalue weighted by Gasteiger charge is -2.29. The van der Waals surface area contributed by atoms with E-state index in [1.807, 2.05) is 12.3 Å². The Kier molecular flexibility index (Phi) is 3.82. The Morgan fingerprint density at radius 3 is 2.94 bits per heavy atom. The Balaban J connectivity index is 1.82. The summed E-state index contributed by atoms with van der Waals surface area (Å²) in [5, 5.41) is 0. The smallest absolute Gasteiger partial charge is 0.0576 e. The van der Waals surface area contributed by atoms with E-state index in [9.17, 15) is 0 Å². The summed E-state index contributed by atoms with van der Waals surface area (Å²) in [6.45, 7) is 10.4. The molecule has 1 aliphatic rings. The number of pyridine rings is 1. The largest absolute Gasteiger partial charge is 0.297 e. The normalized spacial score (nSPS) is 16.9. The van der Waals surface area contributed by atoms with E-state index in [4.69, 9.17) is 0 Å². The Morgan fingerprint density at radius 1 is 1.35 bits per heavy atom. The second-order valence-electron chi connectivity index (χ2n) is 6.30. The van der Waals surface area contributed by atoms with Crippen LogP contribution in [0, 0.1) is 5.41 Å². The first-order chi connectivity index (χ1) is 8.04. The van der Waals surface area contributed by atoms with Crippen molar-refractivity contribution in [2.75, 3.05) is 13.1 Å². The molecule has 2 nitrogen and oxygen atoms in total. The average Bonchev–Trinajstić information content (AvgIpc) is 2.27. The van der Waals surface area contributed by atoms with Gasteiger partial charge in [-0.1, -0.05) is 26.8 Å². The van der Waals surface area contributed by atoms with Gasteiger partial charge in [0.1, 0.15) is 0 Å². The Hall–Kier alpha value is -0.890. The van der Waals surface area contributed by atoms with Gasteiger partial charge in [-0.05, 0) is 42.9 Å². The number of aromatic nitrogens is 1. The van der Waals surface area contributed by atoms with Crippen LogP contribution in [0.25, 0.3) is 0 Å². The van der Waals surface area contributed by atoms with E-state index >= 15 is 0 Å². The SMILES string of the molecule is CC(C)(C)CCCN1CCc2cccnc2C1. The summed E-state index contributed by atoms with van der Waals surface area (Å²) in [6.07, 6.45) is 5.68. The molecule has 0 atom stereocenters. The molecule has 1 aliphatic heterocycles. The highest BCUT2D eigenvalue weighted by molar-refractivity contribution is 5.22. The van der Waals surface area contributed by atoms with Crippen LogP contribution >= 0.6 is 0 Å². The zero-order chi connectivity index (χ0) is 12.3. The van der Waals surface area contributed by atoms with Gasteiger partial charge in [0, 0.05) is 19.3 Å². The molecule has 0 radical (unpaired) electrons. The fourth-order valence-electron chi connectivity index (χ4n) is 2.43. The summed E-state index contributed by atoms with van der Waals surface area (Å²) < 4.78 is 0. The van der Waals surface area contributed by atoms with Crippen molar-refractivity contribution in [3.63, 3.8) is 0 Å². The molecule has 0 spiro atoms. The lowest BCUT2D eigenvalue weighted by molar-refractivity contribution is 0.229. The highest BCUT2D eigenvalue weighted by atomic mass is 15.1. The lowest BCUT2D eigenvalue weighted by atomic mass is 9.90. The van der Waals surface area contributed by atoms with Crippen molar-refractivity contribution >= 4 is 0 Å². The highest BCUT2D eigenvalue weighted by Crippen LogP contribution is 2.22. The van der Waals surface area contributed by atoms with Crippen LogP contribution in [0.15, 0.2) is 18.3 Å². The quantitative estimate of drug-likeness (QED) is 0.795. The molecule has 94 valence electrons. The first-order valence-electron chi connectivity index (χ1n) is 6.70. The molecule has 0 saturated carbocycles. The van der Waals surface area contributed by atoms with Crippen LogP contribution in [-0.4, -0.2) is 23.0 Å². The van der Waals surface area contributed by atoms with Gasteiger partial charge in [0.05, 0.1) is 5.69 Å². The van der Waals surface area contributed by atoms with Gasteiger partial charge in [0.15, 0.2) is 0 Å². The summed E-state index contributed by atoms with van der Waals surface area (Å²) >= 11 is 0. The first kappa shape index (κ1) is 12.6. The monoisotopic (exact) mass is 232 g/mol. The molecule has 2 rings (SSSR count). The van der Waals surface area contributed by atoms with Crippen LogP contribution in [0.1, 0.15) is 44.9 Å². The van der Waals surface area contributed by atoms with E-state index in [1.54, 1.807) is 0 Å². The lowest BCUT2D eigenvalue weighted by Crippen LogP contribution is -2.32. The number of rotatable bonds is 3. The maximum absolute atomic E-state index is 4.48. The van der Waals surface area contributed by atoms with E-state index < -0.39 is 0 Å². The predicted octanol–water partition coefficient (Wildman–Crippen LogP) is 3.27. The molecule has 0 N–H and O–H groups in total. The van der Waals surface area contributed by atoms with Crippen molar-refractivity contribution in [3.8, 4) is 0 Å². The fourth-order valence-corrected chi connectivity index (χ4v) is 2.43. The zero-order valence-electron chi connectivity index (χ0n) is 11.4. The molecule has 0 bridgehead atoms. The van der Waals surface area contributed by atoms with Crippen LogP contribution in [0.5, 0.6) is 0 Å². The molecule has 0 unspecified atom stereocenters. The summed E-state index contributed by atoms with van der Waals surface area (Å²) in [5.41, 5.74) is 3.19. The third-order valence-corrected chi connectivity index (χ3v) is 3.46. The van der Waals surface area contributed by atoms with Crippen molar-refractivity contribution in [2.24, 2.45) is 5.41 Å². The van der Waals surface area contributed by atoms with Crippen LogP contribution in [0.3, 0.4) is 0 Å². The van der Waals surface area contributed by atoms with E-state index in [1.165, 1.54) is 43.6 Å². The standard InChI is InChI=1S/C15H24N2/c1-15(2,3)8-5-10-17-11-7-13-6-4-9-16-14(13)12-17/h4,6,9H,5,7-8,10-12H2,1-3H3. The highest BCUT2D eigenvalue weighted by Gasteiger charge is 2.17. The van der Waals surface area contributed by atoms with Gasteiger partial charge in [-0.15, -0.1) is 0 Å². The second kappa shape index (κ2) is 5.18. The van der Waals surface area contributed by atoms with Crippen LogP contribution in [-0.2, 0) is 13.0 Å². The van der Waals surface area contributed by atoms with Crippen LogP contribution < -0.4 is 0 Å². The first-order valence-corrected chi connectivity index (χ1v) is 6.70. The maximum Gasteiger partial charge on any atom is 0.0576 e. The van der Waals surface area contributed by atoms with Gasteiger partial charge < -0.3 is 0 Å². The minimum absolute atomic E-state index is 0.464. The molecule has 17 heavy (non-hydrogen) atoms. The molecule has 0 aromatic carbocycles. The summed E-state index contributed by atoms with van der Waals surface area (Å²) in [5.74, 6) is 0. The summed E-state index contributed by atoms with van der Waals surface area (Å²) in [7, 11) is 0. The van der Waals surface area contributed by atoms with Gasteiger partial charge in [-0.25, -0.2) is 0 Å². The van der Waals surface area contributed by atoms with Crippen LogP contribution in [0.4, 0.5) is 0 Å². The van der Waals surface area contributed by atoms with Crippen molar-refractivity contribution in [2.45, 2.75) is 46.6 Å². The van der Waals surface area contributed by atoms with E-state index in [0.29, 0.717) is 5.41 Å². The fraction of sp³-hybridized carbons (Fsp3) is 0.667. The van der Waals surface area contributed by atoms with E-state index in [0.717, 1.165) is 6.54 Å². The van der Waals surface area contributed by atoms with Gasteiger partial charge in [0.2, 0.25) is 0 Å². The van der Waals surface area contributed by atoms with Crippen molar-refractivity contribution < 1.29 is 0 Å². The molecule has 0 fully saturated rings. The Morgan fingerprint density at radius 2 is 2.18 bits per heavy atom. The molecule has 2 heteroatoms. The third kappa shape index (κ3) is 3.81.